The van der Waals surface area contributed by atoms with Crippen LogP contribution < -0.4 is 20.7 Å². The highest BCUT2D eigenvalue weighted by Crippen LogP contribution is 2.19. The van der Waals surface area contributed by atoms with E-state index in [4.69, 9.17) is 4.74 Å². The molecule has 0 radical (unpaired) electrons. The maximum Gasteiger partial charge on any atom is 0.289 e. The number of ketones is 1. The van der Waals surface area contributed by atoms with Gasteiger partial charge in [0.15, 0.2) is 0 Å². The van der Waals surface area contributed by atoms with Crippen LogP contribution in [0.3, 0.4) is 0 Å². The Morgan fingerprint density at radius 3 is 2.29 bits per heavy atom. The van der Waals surface area contributed by atoms with Crippen molar-refractivity contribution in [1.82, 2.24) is 16.0 Å². The van der Waals surface area contributed by atoms with Gasteiger partial charge in [-0.15, -0.1) is 0 Å². The highest BCUT2D eigenvalue weighted by Gasteiger charge is 2.33. The van der Waals surface area contributed by atoms with Crippen LogP contribution >= 0.6 is 0 Å². The second kappa shape index (κ2) is 12.1. The summed E-state index contributed by atoms with van der Waals surface area (Å²) >= 11 is 0. The summed E-state index contributed by atoms with van der Waals surface area (Å²) in [5, 5.41) is 8.21. The maximum atomic E-state index is 13.3. The van der Waals surface area contributed by atoms with Crippen LogP contribution in [0, 0.1) is 5.92 Å². The van der Waals surface area contributed by atoms with Gasteiger partial charge in [0.05, 0.1) is 7.11 Å². The van der Waals surface area contributed by atoms with Crippen molar-refractivity contribution in [3.8, 4) is 5.75 Å². The number of carbonyl (C=O) groups excluding carboxylic acids is 4. The third-order valence-corrected chi connectivity index (χ3v) is 5.71. The molecule has 3 N–H and O–H groups in total. The van der Waals surface area contributed by atoms with Crippen molar-refractivity contribution in [2.45, 2.75) is 57.7 Å². The average molecular weight is 480 g/mol. The largest absolute Gasteiger partial charge is 0.497 e. The topological polar surface area (TPSA) is 114 Å². The second-order valence-corrected chi connectivity index (χ2v) is 9.25. The Labute approximate surface area is 205 Å². The van der Waals surface area contributed by atoms with Gasteiger partial charge in [-0.25, -0.2) is 0 Å². The lowest BCUT2D eigenvalue weighted by atomic mass is 9.99. The third-order valence-electron chi connectivity index (χ3n) is 5.71. The number of rotatable bonds is 12. The lowest BCUT2D eigenvalue weighted by Gasteiger charge is -2.24. The number of ether oxygens (including phenoxy) is 1. The number of nitrogens with one attached hydrogen (secondary N) is 3. The molecule has 0 unspecified atom stereocenters. The lowest BCUT2D eigenvalue weighted by molar-refractivity contribution is -0.140. The fraction of sp³-hybridized carbons (Fsp3) is 0.407. The first kappa shape index (κ1) is 25.9. The van der Waals surface area contributed by atoms with Crippen LogP contribution in [-0.4, -0.2) is 48.7 Å². The Bertz CT molecular complexity index is 1050. The summed E-state index contributed by atoms with van der Waals surface area (Å²) in [7, 11) is 1.51. The highest BCUT2D eigenvalue weighted by molar-refractivity contribution is 6.38. The zero-order valence-electron chi connectivity index (χ0n) is 20.4. The molecule has 1 aliphatic rings. The molecule has 3 amide bonds. The highest BCUT2D eigenvalue weighted by atomic mass is 16.5. The molecule has 0 spiro atoms. The number of carbonyl (C=O) groups is 4. The molecule has 0 aliphatic heterocycles. The SMILES string of the molecule is COc1cccc(C(=O)N[C@@H](CC(C)C)C(=O)N[C@@H](Cc2ccccc2)C(=O)C(=O)NC2CC2)c1. The van der Waals surface area contributed by atoms with E-state index in [-0.39, 0.29) is 18.4 Å². The summed E-state index contributed by atoms with van der Waals surface area (Å²) in [5.74, 6) is -1.72. The zero-order valence-corrected chi connectivity index (χ0v) is 20.4. The predicted octanol–water partition coefficient (Wildman–Crippen LogP) is 2.41. The Hall–Kier alpha value is -3.68. The van der Waals surface area contributed by atoms with E-state index in [0.29, 0.717) is 17.7 Å². The van der Waals surface area contributed by atoms with Crippen LogP contribution in [0.15, 0.2) is 54.6 Å². The molecule has 1 saturated carbocycles. The van der Waals surface area contributed by atoms with Crippen molar-refractivity contribution >= 4 is 23.5 Å². The van der Waals surface area contributed by atoms with Crippen molar-refractivity contribution < 1.29 is 23.9 Å². The number of benzene rings is 2. The van der Waals surface area contributed by atoms with Crippen LogP contribution in [0.5, 0.6) is 5.75 Å². The Morgan fingerprint density at radius 1 is 0.943 bits per heavy atom. The molecule has 2 aromatic carbocycles. The van der Waals surface area contributed by atoms with Gasteiger partial charge in [-0.1, -0.05) is 50.2 Å². The molecule has 2 aromatic rings. The van der Waals surface area contributed by atoms with Crippen LogP contribution in [0.2, 0.25) is 0 Å². The fourth-order valence-corrected chi connectivity index (χ4v) is 3.68. The van der Waals surface area contributed by atoms with Gasteiger partial charge in [0, 0.05) is 18.0 Å². The minimum absolute atomic E-state index is 0.0235. The molecule has 0 aromatic heterocycles. The maximum absolute atomic E-state index is 13.3. The quantitative estimate of drug-likeness (QED) is 0.405. The minimum atomic E-state index is -1.05. The van der Waals surface area contributed by atoms with E-state index in [2.05, 4.69) is 16.0 Å². The van der Waals surface area contributed by atoms with Crippen LogP contribution in [0.1, 0.15) is 49.0 Å². The van der Waals surface area contributed by atoms with Crippen LogP contribution in [0.4, 0.5) is 0 Å². The molecule has 0 heterocycles. The predicted molar refractivity (Wildman–Crippen MR) is 132 cm³/mol. The minimum Gasteiger partial charge on any atom is -0.497 e. The monoisotopic (exact) mass is 479 g/mol. The zero-order chi connectivity index (χ0) is 25.4. The summed E-state index contributed by atoms with van der Waals surface area (Å²) in [6.45, 7) is 3.88. The van der Waals surface area contributed by atoms with E-state index in [9.17, 15) is 19.2 Å². The molecule has 0 bridgehead atoms. The summed E-state index contributed by atoms with van der Waals surface area (Å²) in [4.78, 5) is 51.6. The van der Waals surface area contributed by atoms with Gasteiger partial charge in [-0.3, -0.25) is 19.2 Å². The summed E-state index contributed by atoms with van der Waals surface area (Å²) < 4.78 is 5.18. The van der Waals surface area contributed by atoms with Crippen molar-refractivity contribution in [3.05, 3.63) is 65.7 Å². The van der Waals surface area contributed by atoms with E-state index in [1.165, 1.54) is 7.11 Å². The van der Waals surface area contributed by atoms with Crippen molar-refractivity contribution in [3.63, 3.8) is 0 Å². The number of methoxy groups -OCH3 is 1. The van der Waals surface area contributed by atoms with Gasteiger partial charge >= 0.3 is 0 Å². The smallest absolute Gasteiger partial charge is 0.289 e. The molecule has 2 atom stereocenters. The number of amides is 3. The Balaban J connectivity index is 1.76. The summed E-state index contributed by atoms with van der Waals surface area (Å²) in [6.07, 6.45) is 2.23. The molecule has 8 heteroatoms. The van der Waals surface area contributed by atoms with Gasteiger partial charge < -0.3 is 20.7 Å². The van der Waals surface area contributed by atoms with Crippen LogP contribution in [-0.2, 0) is 20.8 Å². The van der Waals surface area contributed by atoms with E-state index >= 15 is 0 Å². The summed E-state index contributed by atoms with van der Waals surface area (Å²) in [5.41, 5.74) is 1.16. The van der Waals surface area contributed by atoms with Gasteiger partial charge in [-0.05, 0) is 48.9 Å². The average Bonchev–Trinajstić information content (AvgIpc) is 3.67. The molecule has 0 saturated heterocycles. The van der Waals surface area contributed by atoms with Crippen molar-refractivity contribution in [2.75, 3.05) is 7.11 Å². The molecule has 35 heavy (non-hydrogen) atoms. The first-order valence-electron chi connectivity index (χ1n) is 11.9. The molecule has 8 nitrogen and oxygen atoms in total. The number of Topliss-reactive ketones (excluding diaryl/α,β-unsaturated/α-hetero) is 1. The molecule has 1 aliphatic carbocycles. The molecule has 3 rings (SSSR count). The van der Waals surface area contributed by atoms with E-state index < -0.39 is 35.6 Å². The van der Waals surface area contributed by atoms with Gasteiger partial charge in [0.2, 0.25) is 11.7 Å². The number of hydrogen-bond acceptors (Lipinski definition) is 5. The van der Waals surface area contributed by atoms with E-state index in [1.807, 2.05) is 44.2 Å². The standard InChI is InChI=1S/C27H33N3O5/c1-17(2)14-23(30-25(32)19-10-7-11-21(16-19)35-3)26(33)29-22(15-18-8-5-4-6-9-18)24(31)27(34)28-20-12-13-20/h4-11,16-17,20,22-23H,12-15H2,1-3H3,(H,28,34)(H,29,33)(H,30,32)/t22-,23-/m0/s1. The van der Waals surface area contributed by atoms with Gasteiger partial charge in [-0.2, -0.15) is 0 Å². The summed E-state index contributed by atoms with van der Waals surface area (Å²) in [6, 6.07) is 13.9. The lowest BCUT2D eigenvalue weighted by Crippen LogP contribution is -2.55. The molecule has 186 valence electrons. The normalized spacial score (nSPS) is 14.5. The van der Waals surface area contributed by atoms with E-state index in [0.717, 1.165) is 18.4 Å². The van der Waals surface area contributed by atoms with E-state index in [1.54, 1.807) is 24.3 Å². The number of hydrogen-bond donors (Lipinski definition) is 3. The first-order chi connectivity index (χ1) is 16.8. The second-order valence-electron chi connectivity index (χ2n) is 9.25. The molecular weight excluding hydrogens is 446 g/mol. The third kappa shape index (κ3) is 7.95. The first-order valence-corrected chi connectivity index (χ1v) is 11.9. The van der Waals surface area contributed by atoms with Gasteiger partial charge in [0.25, 0.3) is 11.8 Å². The molecular formula is C27H33N3O5. The van der Waals surface area contributed by atoms with Gasteiger partial charge in [0.1, 0.15) is 17.8 Å². The fourth-order valence-electron chi connectivity index (χ4n) is 3.68. The van der Waals surface area contributed by atoms with Crippen LogP contribution in [0.25, 0.3) is 0 Å². The Kier molecular flexibility index (Phi) is 9.00. The van der Waals surface area contributed by atoms with Crippen molar-refractivity contribution in [1.29, 1.82) is 0 Å². The molecule has 1 fully saturated rings. The Morgan fingerprint density at radius 2 is 1.66 bits per heavy atom. The van der Waals surface area contributed by atoms with Crippen molar-refractivity contribution in [2.24, 2.45) is 5.92 Å².